The number of hydrogen-bond donors (Lipinski definition) is 2. The lowest BCUT2D eigenvalue weighted by atomic mass is 10.2. The average molecular weight is 435 g/mol. The molecular weight excluding hydrogens is 404 g/mol. The number of piperazine rings is 1. The first-order chi connectivity index (χ1) is 15.6. The summed E-state index contributed by atoms with van der Waals surface area (Å²) in [4.78, 5) is 32.4. The van der Waals surface area contributed by atoms with Gasteiger partial charge in [-0.25, -0.2) is 0 Å². The largest absolute Gasteiger partial charge is 0.497 e. The average Bonchev–Trinajstić information content (AvgIpc) is 3.26. The second-order valence-electron chi connectivity index (χ2n) is 8.14. The second-order valence-corrected chi connectivity index (χ2v) is 8.14. The van der Waals surface area contributed by atoms with Crippen molar-refractivity contribution >= 4 is 22.7 Å². The zero-order valence-electron chi connectivity index (χ0n) is 18.5. The maximum absolute atomic E-state index is 12.5. The van der Waals surface area contributed by atoms with Gasteiger partial charge in [0, 0.05) is 62.7 Å². The second kappa shape index (κ2) is 10.3. The number of methoxy groups -OCH3 is 1. The van der Waals surface area contributed by atoms with Crippen molar-refractivity contribution in [2.24, 2.45) is 0 Å². The van der Waals surface area contributed by atoms with Crippen LogP contribution in [0.15, 0.2) is 54.6 Å². The summed E-state index contributed by atoms with van der Waals surface area (Å²) < 4.78 is 5.22. The van der Waals surface area contributed by atoms with Crippen molar-refractivity contribution in [3.8, 4) is 5.75 Å². The van der Waals surface area contributed by atoms with E-state index in [-0.39, 0.29) is 11.8 Å². The lowest BCUT2D eigenvalue weighted by Gasteiger charge is -2.34. The molecule has 1 saturated heterocycles. The van der Waals surface area contributed by atoms with Crippen LogP contribution in [0.2, 0.25) is 0 Å². The van der Waals surface area contributed by atoms with Crippen LogP contribution in [-0.4, -0.2) is 66.4 Å². The smallest absolute Gasteiger partial charge is 0.267 e. The molecule has 32 heavy (non-hydrogen) atoms. The third kappa shape index (κ3) is 5.48. The number of amides is 2. The third-order valence-electron chi connectivity index (χ3n) is 5.90. The summed E-state index contributed by atoms with van der Waals surface area (Å²) in [6, 6.07) is 17.9. The molecule has 0 bridgehead atoms. The standard InChI is InChI=1S/C25H30N4O3/c1-32-21-10-9-20-16-23(27-22(20)17-21)25(31)26-11-5-8-24(30)29-14-12-28(13-15-29)18-19-6-3-2-4-7-19/h2-4,6-7,9-10,16-17,27H,5,8,11-15,18H2,1H3,(H,26,31). The highest BCUT2D eigenvalue weighted by atomic mass is 16.5. The van der Waals surface area contributed by atoms with Gasteiger partial charge in [0.05, 0.1) is 7.11 Å². The molecule has 2 aromatic carbocycles. The molecule has 7 heteroatoms. The van der Waals surface area contributed by atoms with Gasteiger partial charge in [-0.1, -0.05) is 30.3 Å². The summed E-state index contributed by atoms with van der Waals surface area (Å²) in [6.45, 7) is 4.70. The Morgan fingerprint density at radius 3 is 2.56 bits per heavy atom. The molecule has 4 rings (SSSR count). The Balaban J connectivity index is 1.16. The Kier molecular flexibility index (Phi) is 7.07. The molecule has 0 spiro atoms. The molecule has 2 amide bonds. The molecule has 0 unspecified atom stereocenters. The molecule has 7 nitrogen and oxygen atoms in total. The van der Waals surface area contributed by atoms with Crippen molar-refractivity contribution in [2.75, 3.05) is 39.8 Å². The van der Waals surface area contributed by atoms with Crippen molar-refractivity contribution < 1.29 is 14.3 Å². The van der Waals surface area contributed by atoms with E-state index in [2.05, 4.69) is 39.5 Å². The number of nitrogens with one attached hydrogen (secondary N) is 2. The van der Waals surface area contributed by atoms with Gasteiger partial charge in [-0.15, -0.1) is 0 Å². The maximum Gasteiger partial charge on any atom is 0.267 e. The van der Waals surface area contributed by atoms with Crippen LogP contribution in [0.1, 0.15) is 28.9 Å². The number of fused-ring (bicyclic) bond motifs is 1. The van der Waals surface area contributed by atoms with Gasteiger partial charge in [-0.05, 0) is 30.2 Å². The fraction of sp³-hybridized carbons (Fsp3) is 0.360. The van der Waals surface area contributed by atoms with Gasteiger partial charge in [0.25, 0.3) is 5.91 Å². The van der Waals surface area contributed by atoms with Crippen molar-refractivity contribution in [3.63, 3.8) is 0 Å². The number of rotatable bonds is 8. The highest BCUT2D eigenvalue weighted by molar-refractivity contribution is 5.98. The van der Waals surface area contributed by atoms with Crippen molar-refractivity contribution in [2.45, 2.75) is 19.4 Å². The molecule has 1 aromatic heterocycles. The third-order valence-corrected chi connectivity index (χ3v) is 5.90. The zero-order chi connectivity index (χ0) is 22.3. The maximum atomic E-state index is 12.5. The van der Waals surface area contributed by atoms with Crippen LogP contribution in [0.5, 0.6) is 5.75 Å². The Morgan fingerprint density at radius 1 is 1.03 bits per heavy atom. The molecule has 0 saturated carbocycles. The molecule has 2 heterocycles. The highest BCUT2D eigenvalue weighted by Crippen LogP contribution is 2.21. The normalized spacial score (nSPS) is 14.5. The van der Waals surface area contributed by atoms with Gasteiger partial charge in [0.2, 0.25) is 5.91 Å². The summed E-state index contributed by atoms with van der Waals surface area (Å²) in [5.41, 5.74) is 2.67. The fourth-order valence-electron chi connectivity index (χ4n) is 4.05. The molecule has 0 atom stereocenters. The molecular formula is C25H30N4O3. The number of hydrogen-bond acceptors (Lipinski definition) is 4. The number of carbonyl (C=O) groups is 2. The summed E-state index contributed by atoms with van der Waals surface area (Å²) in [7, 11) is 1.61. The fourth-order valence-corrected chi connectivity index (χ4v) is 4.05. The van der Waals surface area contributed by atoms with Crippen LogP contribution >= 0.6 is 0 Å². The molecule has 168 valence electrons. The zero-order valence-corrected chi connectivity index (χ0v) is 18.5. The van der Waals surface area contributed by atoms with E-state index in [1.54, 1.807) is 7.11 Å². The minimum Gasteiger partial charge on any atom is -0.497 e. The van der Waals surface area contributed by atoms with Crippen LogP contribution in [0.4, 0.5) is 0 Å². The SMILES string of the molecule is COc1ccc2cc(C(=O)NCCCC(=O)N3CCN(Cc4ccccc4)CC3)[nH]c2c1. The molecule has 0 aliphatic carbocycles. The Hall–Kier alpha value is -3.32. The highest BCUT2D eigenvalue weighted by Gasteiger charge is 2.20. The Bertz CT molecular complexity index is 1060. The van der Waals surface area contributed by atoms with Crippen molar-refractivity contribution in [3.05, 3.63) is 65.9 Å². The first kappa shape index (κ1) is 21.9. The predicted octanol–water partition coefficient (Wildman–Crippen LogP) is 3.03. The number of H-pyrrole nitrogens is 1. The van der Waals surface area contributed by atoms with Crippen LogP contribution in [0.3, 0.4) is 0 Å². The van der Waals surface area contributed by atoms with E-state index in [1.807, 2.05) is 35.2 Å². The van der Waals surface area contributed by atoms with E-state index in [9.17, 15) is 9.59 Å². The number of benzene rings is 2. The number of ether oxygens (including phenoxy) is 1. The Morgan fingerprint density at radius 2 is 1.81 bits per heavy atom. The topological polar surface area (TPSA) is 77.7 Å². The van der Waals surface area contributed by atoms with E-state index < -0.39 is 0 Å². The first-order valence-electron chi connectivity index (χ1n) is 11.1. The van der Waals surface area contributed by atoms with Gasteiger partial charge in [-0.2, -0.15) is 0 Å². The van der Waals surface area contributed by atoms with Crippen LogP contribution in [-0.2, 0) is 11.3 Å². The molecule has 3 aromatic rings. The summed E-state index contributed by atoms with van der Waals surface area (Å²) in [5.74, 6) is 0.740. The lowest BCUT2D eigenvalue weighted by molar-refractivity contribution is -0.133. The quantitative estimate of drug-likeness (QED) is 0.535. The Labute approximate surface area is 188 Å². The minimum absolute atomic E-state index is 0.163. The minimum atomic E-state index is -0.165. The van der Waals surface area contributed by atoms with Crippen molar-refractivity contribution in [1.82, 2.24) is 20.1 Å². The van der Waals surface area contributed by atoms with E-state index in [0.717, 1.165) is 49.4 Å². The summed E-state index contributed by atoms with van der Waals surface area (Å²) >= 11 is 0. The number of nitrogens with zero attached hydrogens (tertiary/aromatic N) is 2. The lowest BCUT2D eigenvalue weighted by Crippen LogP contribution is -2.48. The summed E-state index contributed by atoms with van der Waals surface area (Å²) in [5, 5.41) is 3.86. The van der Waals surface area contributed by atoms with Gasteiger partial charge in [-0.3, -0.25) is 14.5 Å². The van der Waals surface area contributed by atoms with Gasteiger partial charge < -0.3 is 19.9 Å². The van der Waals surface area contributed by atoms with Crippen molar-refractivity contribution in [1.29, 1.82) is 0 Å². The van der Waals surface area contributed by atoms with E-state index in [1.165, 1.54) is 5.56 Å². The molecule has 1 aliphatic rings. The van der Waals surface area contributed by atoms with Crippen LogP contribution in [0.25, 0.3) is 10.9 Å². The predicted molar refractivity (Wildman–Crippen MR) is 125 cm³/mol. The van der Waals surface area contributed by atoms with Gasteiger partial charge >= 0.3 is 0 Å². The van der Waals surface area contributed by atoms with E-state index >= 15 is 0 Å². The number of aromatic amines is 1. The van der Waals surface area contributed by atoms with Crippen LogP contribution < -0.4 is 10.1 Å². The first-order valence-corrected chi connectivity index (χ1v) is 11.1. The van der Waals surface area contributed by atoms with E-state index in [0.29, 0.717) is 25.1 Å². The molecule has 1 fully saturated rings. The summed E-state index contributed by atoms with van der Waals surface area (Å²) in [6.07, 6.45) is 1.08. The van der Waals surface area contributed by atoms with Gasteiger partial charge in [0.15, 0.2) is 0 Å². The molecule has 2 N–H and O–H groups in total. The number of carbonyl (C=O) groups excluding carboxylic acids is 2. The number of aromatic nitrogens is 1. The molecule has 1 aliphatic heterocycles. The molecule has 0 radical (unpaired) electrons. The van der Waals surface area contributed by atoms with E-state index in [4.69, 9.17) is 4.74 Å². The van der Waals surface area contributed by atoms with Gasteiger partial charge in [0.1, 0.15) is 11.4 Å². The monoisotopic (exact) mass is 434 g/mol. The van der Waals surface area contributed by atoms with Crippen LogP contribution in [0, 0.1) is 0 Å².